The average molecular weight is 338 g/mol. The van der Waals surface area contributed by atoms with E-state index in [1.807, 2.05) is 0 Å². The predicted octanol–water partition coefficient (Wildman–Crippen LogP) is 2.67. The summed E-state index contributed by atoms with van der Waals surface area (Å²) in [5.74, 6) is -0.329. The lowest BCUT2D eigenvalue weighted by Crippen LogP contribution is -2.43. The topological polar surface area (TPSA) is 67.9 Å². The van der Waals surface area contributed by atoms with Crippen LogP contribution in [0.1, 0.15) is 40.6 Å². The molecule has 1 aliphatic heterocycles. The Labute approximate surface area is 139 Å². The molecule has 1 aromatic rings. The van der Waals surface area contributed by atoms with Gasteiger partial charge in [-0.05, 0) is 38.2 Å². The summed E-state index contributed by atoms with van der Waals surface area (Å²) in [5, 5.41) is 3.56. The summed E-state index contributed by atoms with van der Waals surface area (Å²) in [5.41, 5.74) is 1.63. The van der Waals surface area contributed by atoms with Crippen LogP contribution in [-0.4, -0.2) is 49.8 Å². The van der Waals surface area contributed by atoms with Crippen LogP contribution in [0.3, 0.4) is 0 Å². The molecular weight excluding hydrogens is 316 g/mol. The van der Waals surface area contributed by atoms with Gasteiger partial charge in [0.05, 0.1) is 25.4 Å². The SMILES string of the molecule is CCOC(=O)c1c(NC(=O)N2CCOCC2)sc2c1CCCC2. The first-order valence-electron chi connectivity index (χ1n) is 8.16. The van der Waals surface area contributed by atoms with Gasteiger partial charge in [0, 0.05) is 18.0 Å². The molecule has 1 N–H and O–H groups in total. The second-order valence-corrected chi connectivity index (χ2v) is 6.77. The number of esters is 1. The van der Waals surface area contributed by atoms with Crippen molar-refractivity contribution in [1.82, 2.24) is 4.90 Å². The fourth-order valence-electron chi connectivity index (χ4n) is 3.02. The number of hydrogen-bond acceptors (Lipinski definition) is 5. The van der Waals surface area contributed by atoms with Crippen LogP contribution in [0.4, 0.5) is 9.80 Å². The Morgan fingerprint density at radius 3 is 2.74 bits per heavy atom. The molecule has 0 atom stereocenters. The second-order valence-electron chi connectivity index (χ2n) is 5.67. The molecule has 0 saturated carbocycles. The molecule has 1 saturated heterocycles. The van der Waals surface area contributed by atoms with Gasteiger partial charge in [0.15, 0.2) is 0 Å². The summed E-state index contributed by atoms with van der Waals surface area (Å²) in [4.78, 5) is 27.7. The van der Waals surface area contributed by atoms with Crippen LogP contribution in [0.15, 0.2) is 0 Å². The Morgan fingerprint density at radius 1 is 1.26 bits per heavy atom. The van der Waals surface area contributed by atoms with Crippen LogP contribution < -0.4 is 5.32 Å². The number of carbonyl (C=O) groups is 2. The van der Waals surface area contributed by atoms with E-state index in [1.165, 1.54) is 16.2 Å². The molecule has 0 bridgehead atoms. The second kappa shape index (κ2) is 7.31. The predicted molar refractivity (Wildman–Crippen MR) is 88.3 cm³/mol. The van der Waals surface area contributed by atoms with Gasteiger partial charge in [-0.1, -0.05) is 0 Å². The van der Waals surface area contributed by atoms with E-state index < -0.39 is 0 Å². The quantitative estimate of drug-likeness (QED) is 0.861. The van der Waals surface area contributed by atoms with Crippen LogP contribution in [0.25, 0.3) is 0 Å². The Bertz CT molecular complexity index is 593. The van der Waals surface area contributed by atoms with E-state index in [0.29, 0.717) is 43.5 Å². The molecule has 6 nitrogen and oxygen atoms in total. The first-order valence-corrected chi connectivity index (χ1v) is 8.97. The van der Waals surface area contributed by atoms with Crippen LogP contribution in [-0.2, 0) is 22.3 Å². The number of anilines is 1. The lowest BCUT2D eigenvalue weighted by molar-refractivity contribution is 0.0525. The summed E-state index contributed by atoms with van der Waals surface area (Å²) in [6, 6.07) is -0.169. The van der Waals surface area contributed by atoms with E-state index in [2.05, 4.69) is 5.32 Å². The van der Waals surface area contributed by atoms with E-state index in [9.17, 15) is 9.59 Å². The van der Waals surface area contributed by atoms with E-state index in [-0.39, 0.29) is 12.0 Å². The molecule has 1 fully saturated rings. The minimum atomic E-state index is -0.329. The highest BCUT2D eigenvalue weighted by molar-refractivity contribution is 7.17. The molecule has 2 aliphatic rings. The fourth-order valence-corrected chi connectivity index (χ4v) is 4.28. The monoisotopic (exact) mass is 338 g/mol. The molecule has 7 heteroatoms. The number of urea groups is 1. The highest BCUT2D eigenvalue weighted by Crippen LogP contribution is 2.38. The third kappa shape index (κ3) is 3.50. The van der Waals surface area contributed by atoms with Gasteiger partial charge >= 0.3 is 12.0 Å². The van der Waals surface area contributed by atoms with Gasteiger partial charge < -0.3 is 14.4 Å². The smallest absolute Gasteiger partial charge is 0.341 e. The molecule has 2 heterocycles. The molecule has 1 aliphatic carbocycles. The number of fused-ring (bicyclic) bond motifs is 1. The van der Waals surface area contributed by atoms with Crippen LogP contribution in [0.2, 0.25) is 0 Å². The third-order valence-electron chi connectivity index (χ3n) is 4.17. The number of nitrogens with zero attached hydrogens (tertiary/aromatic N) is 1. The number of rotatable bonds is 3. The number of carbonyl (C=O) groups excluding carboxylic acids is 2. The summed E-state index contributed by atoms with van der Waals surface area (Å²) in [6.45, 7) is 4.39. The summed E-state index contributed by atoms with van der Waals surface area (Å²) >= 11 is 1.52. The van der Waals surface area contributed by atoms with Crippen molar-refractivity contribution < 1.29 is 19.1 Å². The standard InChI is InChI=1S/C16H22N2O4S/c1-2-22-15(19)13-11-5-3-4-6-12(11)23-14(13)17-16(20)18-7-9-21-10-8-18/h2-10H2,1H3,(H,17,20). The number of aryl methyl sites for hydroxylation is 1. The van der Waals surface area contributed by atoms with Gasteiger partial charge in [0.1, 0.15) is 5.00 Å². The Hall–Kier alpha value is -1.60. The zero-order chi connectivity index (χ0) is 16.2. The van der Waals surface area contributed by atoms with Gasteiger partial charge in [-0.25, -0.2) is 9.59 Å². The molecule has 126 valence electrons. The zero-order valence-electron chi connectivity index (χ0n) is 13.4. The number of amides is 2. The molecule has 0 radical (unpaired) electrons. The van der Waals surface area contributed by atoms with Gasteiger partial charge in [0.25, 0.3) is 0 Å². The lowest BCUT2D eigenvalue weighted by atomic mass is 9.95. The molecule has 1 aromatic heterocycles. The van der Waals surface area contributed by atoms with Crippen molar-refractivity contribution in [3.8, 4) is 0 Å². The molecule has 0 unspecified atom stereocenters. The lowest BCUT2D eigenvalue weighted by Gasteiger charge is -2.26. The van der Waals surface area contributed by atoms with Crippen molar-refractivity contribution in [1.29, 1.82) is 0 Å². The first-order chi connectivity index (χ1) is 11.2. The summed E-state index contributed by atoms with van der Waals surface area (Å²) in [6.07, 6.45) is 4.06. The van der Waals surface area contributed by atoms with E-state index in [4.69, 9.17) is 9.47 Å². The van der Waals surface area contributed by atoms with Gasteiger partial charge in [-0.2, -0.15) is 0 Å². The highest BCUT2D eigenvalue weighted by atomic mass is 32.1. The first kappa shape index (κ1) is 16.3. The number of nitrogens with one attached hydrogen (secondary N) is 1. The van der Waals surface area contributed by atoms with Crippen LogP contribution in [0, 0.1) is 0 Å². The van der Waals surface area contributed by atoms with Crippen molar-refractivity contribution in [2.75, 3.05) is 38.2 Å². The van der Waals surface area contributed by atoms with E-state index in [1.54, 1.807) is 11.8 Å². The molecule has 3 rings (SSSR count). The molecule has 0 spiro atoms. The maximum absolute atomic E-state index is 12.4. The molecular formula is C16H22N2O4S. The van der Waals surface area contributed by atoms with E-state index in [0.717, 1.165) is 31.2 Å². The molecule has 23 heavy (non-hydrogen) atoms. The van der Waals surface area contributed by atoms with Crippen molar-refractivity contribution in [2.24, 2.45) is 0 Å². The Kier molecular flexibility index (Phi) is 5.17. The fraction of sp³-hybridized carbons (Fsp3) is 0.625. The maximum atomic E-state index is 12.4. The minimum Gasteiger partial charge on any atom is -0.462 e. The zero-order valence-corrected chi connectivity index (χ0v) is 14.2. The number of hydrogen-bond donors (Lipinski definition) is 1. The van der Waals surface area contributed by atoms with E-state index >= 15 is 0 Å². The van der Waals surface area contributed by atoms with Gasteiger partial charge in [-0.15, -0.1) is 11.3 Å². The maximum Gasteiger partial charge on any atom is 0.341 e. The number of thiophene rings is 1. The van der Waals surface area contributed by atoms with Crippen LogP contribution in [0.5, 0.6) is 0 Å². The average Bonchev–Trinajstić information content (AvgIpc) is 2.93. The highest BCUT2D eigenvalue weighted by Gasteiger charge is 2.28. The normalized spacial score (nSPS) is 17.5. The van der Waals surface area contributed by atoms with Crippen LogP contribution >= 0.6 is 11.3 Å². The summed E-state index contributed by atoms with van der Waals surface area (Å²) < 4.78 is 10.5. The van der Waals surface area contributed by atoms with Crippen molar-refractivity contribution in [3.63, 3.8) is 0 Å². The largest absolute Gasteiger partial charge is 0.462 e. The number of ether oxygens (including phenoxy) is 2. The minimum absolute atomic E-state index is 0.169. The van der Waals surface area contributed by atoms with Gasteiger partial charge in [-0.3, -0.25) is 5.32 Å². The van der Waals surface area contributed by atoms with Crippen molar-refractivity contribution in [3.05, 3.63) is 16.0 Å². The van der Waals surface area contributed by atoms with Gasteiger partial charge in [0.2, 0.25) is 0 Å². The van der Waals surface area contributed by atoms with Crippen molar-refractivity contribution in [2.45, 2.75) is 32.6 Å². The Balaban J connectivity index is 1.83. The third-order valence-corrected chi connectivity index (χ3v) is 5.38. The summed E-state index contributed by atoms with van der Waals surface area (Å²) in [7, 11) is 0. The Morgan fingerprint density at radius 2 is 2.00 bits per heavy atom. The van der Waals surface area contributed by atoms with Crippen molar-refractivity contribution >= 4 is 28.3 Å². The number of morpholine rings is 1. The molecule has 0 aromatic carbocycles. The molecule has 2 amide bonds.